The van der Waals surface area contributed by atoms with E-state index in [0.29, 0.717) is 4.47 Å². The Labute approximate surface area is 130 Å². The van der Waals surface area contributed by atoms with E-state index >= 15 is 0 Å². The summed E-state index contributed by atoms with van der Waals surface area (Å²) in [5, 5.41) is 9.05. The fourth-order valence-corrected chi connectivity index (χ4v) is 1.81. The largest absolute Gasteiger partial charge is 0.573 e. The Hall–Kier alpha value is -2.29. The lowest BCUT2D eigenvalue weighted by Crippen LogP contribution is -2.16. The zero-order chi connectivity index (χ0) is 16.3. The lowest BCUT2D eigenvalue weighted by Gasteiger charge is -2.10. The summed E-state index contributed by atoms with van der Waals surface area (Å²) in [7, 11) is 0. The van der Waals surface area contributed by atoms with E-state index in [1.54, 1.807) is 0 Å². The van der Waals surface area contributed by atoms with Gasteiger partial charge in [0.2, 0.25) is 5.88 Å². The van der Waals surface area contributed by atoms with Gasteiger partial charge in [-0.05, 0) is 46.3 Å². The molecule has 0 amide bonds. The number of alkyl halides is 3. The number of ether oxygens (including phenoxy) is 2. The van der Waals surface area contributed by atoms with Crippen LogP contribution in [0.3, 0.4) is 0 Å². The number of carboxylic acids is 1. The molecule has 0 aliphatic rings. The van der Waals surface area contributed by atoms with Crippen LogP contribution in [-0.4, -0.2) is 22.4 Å². The molecule has 116 valence electrons. The second-order valence-corrected chi connectivity index (χ2v) is 4.85. The number of pyridine rings is 1. The van der Waals surface area contributed by atoms with Gasteiger partial charge in [0.15, 0.2) is 0 Å². The minimum Gasteiger partial charge on any atom is -0.477 e. The van der Waals surface area contributed by atoms with Crippen LogP contribution < -0.4 is 9.47 Å². The Kier molecular flexibility index (Phi) is 4.55. The van der Waals surface area contributed by atoms with Crippen molar-refractivity contribution in [3.8, 4) is 17.4 Å². The van der Waals surface area contributed by atoms with Crippen molar-refractivity contribution in [2.45, 2.75) is 6.36 Å². The van der Waals surface area contributed by atoms with Crippen molar-refractivity contribution in [1.82, 2.24) is 4.98 Å². The third kappa shape index (κ3) is 4.35. The van der Waals surface area contributed by atoms with E-state index in [2.05, 4.69) is 25.7 Å². The quantitative estimate of drug-likeness (QED) is 0.863. The van der Waals surface area contributed by atoms with Gasteiger partial charge in [-0.3, -0.25) is 0 Å². The summed E-state index contributed by atoms with van der Waals surface area (Å²) >= 11 is 3.08. The second-order valence-electron chi connectivity index (χ2n) is 3.93. The molecule has 2 aromatic rings. The fourth-order valence-electron chi connectivity index (χ4n) is 1.48. The van der Waals surface area contributed by atoms with Crippen molar-refractivity contribution >= 4 is 21.9 Å². The molecule has 0 atom stereocenters. The Balaban J connectivity index is 2.20. The van der Waals surface area contributed by atoms with Gasteiger partial charge in [0.25, 0.3) is 0 Å². The third-order valence-corrected chi connectivity index (χ3v) is 2.75. The van der Waals surface area contributed by atoms with Crippen molar-refractivity contribution < 1.29 is 32.5 Å². The van der Waals surface area contributed by atoms with E-state index in [0.717, 1.165) is 12.1 Å². The topological polar surface area (TPSA) is 68.7 Å². The van der Waals surface area contributed by atoms with Crippen molar-refractivity contribution in [1.29, 1.82) is 0 Å². The van der Waals surface area contributed by atoms with Crippen LogP contribution in [0.25, 0.3) is 0 Å². The molecule has 9 heteroatoms. The van der Waals surface area contributed by atoms with Gasteiger partial charge in [-0.2, -0.15) is 0 Å². The van der Waals surface area contributed by atoms with Gasteiger partial charge >= 0.3 is 12.3 Å². The van der Waals surface area contributed by atoms with Crippen LogP contribution in [0.1, 0.15) is 10.4 Å². The van der Waals surface area contributed by atoms with Crippen molar-refractivity contribution in [2.75, 3.05) is 0 Å². The number of hydrogen-bond donors (Lipinski definition) is 1. The van der Waals surface area contributed by atoms with Crippen LogP contribution in [0.2, 0.25) is 0 Å². The van der Waals surface area contributed by atoms with Crippen LogP contribution in [0, 0.1) is 0 Å². The van der Waals surface area contributed by atoms with Gasteiger partial charge in [-0.1, -0.05) is 0 Å². The number of nitrogens with zero attached hydrogens (tertiary/aromatic N) is 1. The number of benzene rings is 1. The summed E-state index contributed by atoms with van der Waals surface area (Å²) in [6.45, 7) is 0. The molecule has 0 spiro atoms. The molecular formula is C13H7BrF3NO4. The first-order valence-corrected chi connectivity index (χ1v) is 6.46. The minimum absolute atomic E-state index is 0.117. The summed E-state index contributed by atoms with van der Waals surface area (Å²) in [6, 6.07) is 5.79. The Morgan fingerprint density at radius 2 is 1.77 bits per heavy atom. The molecule has 0 fully saturated rings. The zero-order valence-electron chi connectivity index (χ0n) is 10.6. The average Bonchev–Trinajstić information content (AvgIpc) is 2.41. The number of rotatable bonds is 4. The van der Waals surface area contributed by atoms with E-state index in [4.69, 9.17) is 9.84 Å². The van der Waals surface area contributed by atoms with Crippen LogP contribution >= 0.6 is 15.9 Å². The highest BCUT2D eigenvalue weighted by Gasteiger charge is 2.31. The Morgan fingerprint density at radius 3 is 2.32 bits per heavy atom. The van der Waals surface area contributed by atoms with Crippen molar-refractivity contribution in [3.05, 3.63) is 46.6 Å². The Morgan fingerprint density at radius 1 is 1.18 bits per heavy atom. The molecule has 1 aromatic heterocycles. The number of hydrogen-bond acceptors (Lipinski definition) is 4. The lowest BCUT2D eigenvalue weighted by atomic mass is 10.2. The highest BCUT2D eigenvalue weighted by atomic mass is 79.9. The van der Waals surface area contributed by atoms with E-state index in [1.807, 2.05) is 0 Å². The lowest BCUT2D eigenvalue weighted by molar-refractivity contribution is -0.274. The summed E-state index contributed by atoms with van der Waals surface area (Å²) in [5.41, 5.74) is -0.190. The first kappa shape index (κ1) is 16.1. The van der Waals surface area contributed by atoms with Crippen molar-refractivity contribution in [3.63, 3.8) is 0 Å². The van der Waals surface area contributed by atoms with Gasteiger partial charge < -0.3 is 14.6 Å². The summed E-state index contributed by atoms with van der Waals surface area (Å²) in [4.78, 5) is 14.9. The first-order valence-electron chi connectivity index (χ1n) is 5.67. The van der Waals surface area contributed by atoms with Gasteiger partial charge in [0.05, 0.1) is 0 Å². The fraction of sp³-hybridized carbons (Fsp3) is 0.0769. The number of carboxylic acid groups (broad SMARTS) is 1. The van der Waals surface area contributed by atoms with Crippen molar-refractivity contribution in [2.24, 2.45) is 0 Å². The van der Waals surface area contributed by atoms with Crippen LogP contribution in [0.5, 0.6) is 17.4 Å². The molecule has 1 heterocycles. The minimum atomic E-state index is -4.79. The smallest absolute Gasteiger partial charge is 0.477 e. The maximum atomic E-state index is 12.0. The van der Waals surface area contributed by atoms with E-state index in [-0.39, 0.29) is 17.2 Å². The predicted octanol–water partition coefficient (Wildman–Crippen LogP) is 4.23. The SMILES string of the molecule is O=C(O)c1cc(Br)cnc1Oc1ccc(OC(F)(F)F)cc1. The molecule has 1 aromatic carbocycles. The summed E-state index contributed by atoms with van der Waals surface area (Å²) in [5.74, 6) is -1.73. The predicted molar refractivity (Wildman–Crippen MR) is 72.1 cm³/mol. The molecule has 0 bridgehead atoms. The molecule has 22 heavy (non-hydrogen) atoms. The van der Waals surface area contributed by atoms with E-state index in [9.17, 15) is 18.0 Å². The molecule has 0 saturated heterocycles. The summed E-state index contributed by atoms with van der Waals surface area (Å²) in [6.07, 6.45) is -3.45. The van der Waals surface area contributed by atoms with Crippen LogP contribution in [0.4, 0.5) is 13.2 Å². The molecule has 5 nitrogen and oxygen atoms in total. The maximum absolute atomic E-state index is 12.0. The monoisotopic (exact) mass is 377 g/mol. The van der Waals surface area contributed by atoms with E-state index < -0.39 is 18.1 Å². The first-order chi connectivity index (χ1) is 10.2. The number of aromatic nitrogens is 1. The standard InChI is InChI=1S/C13H7BrF3NO4/c14-7-5-10(12(19)20)11(18-6-7)21-8-1-3-9(4-2-8)22-13(15,16)17/h1-6H,(H,19,20). The molecule has 0 aliphatic heterocycles. The number of aromatic carboxylic acids is 1. The van der Waals surface area contributed by atoms with Gasteiger partial charge in [-0.15, -0.1) is 13.2 Å². The number of halogens is 4. The highest BCUT2D eigenvalue weighted by molar-refractivity contribution is 9.10. The molecular weight excluding hydrogens is 371 g/mol. The third-order valence-electron chi connectivity index (χ3n) is 2.32. The molecule has 0 unspecified atom stereocenters. The normalized spacial score (nSPS) is 11.1. The molecule has 0 aliphatic carbocycles. The number of carbonyl (C=O) groups is 1. The molecule has 0 saturated carbocycles. The van der Waals surface area contributed by atoms with Crippen LogP contribution in [-0.2, 0) is 0 Å². The maximum Gasteiger partial charge on any atom is 0.573 e. The second kappa shape index (κ2) is 6.22. The molecule has 1 N–H and O–H groups in total. The molecule has 0 radical (unpaired) electrons. The van der Waals surface area contributed by atoms with E-state index in [1.165, 1.54) is 24.4 Å². The van der Waals surface area contributed by atoms with Gasteiger partial charge in [-0.25, -0.2) is 9.78 Å². The Bertz CT molecular complexity index is 689. The average molecular weight is 378 g/mol. The zero-order valence-corrected chi connectivity index (χ0v) is 12.2. The van der Waals surface area contributed by atoms with Gasteiger partial charge in [0.1, 0.15) is 17.1 Å². The van der Waals surface area contributed by atoms with Crippen LogP contribution in [0.15, 0.2) is 41.0 Å². The highest BCUT2D eigenvalue weighted by Crippen LogP contribution is 2.28. The molecule has 2 rings (SSSR count). The van der Waals surface area contributed by atoms with Gasteiger partial charge in [0, 0.05) is 10.7 Å². The summed E-state index contributed by atoms with van der Waals surface area (Å²) < 4.78 is 45.5.